The maximum absolute atomic E-state index is 13.2. The van der Waals surface area contributed by atoms with E-state index in [9.17, 15) is 9.50 Å². The Labute approximate surface area is 147 Å². The molecule has 0 spiro atoms. The van der Waals surface area contributed by atoms with Crippen molar-refractivity contribution < 1.29 is 9.50 Å². The van der Waals surface area contributed by atoms with Gasteiger partial charge in [-0.2, -0.15) is 0 Å². The van der Waals surface area contributed by atoms with Crippen LogP contribution >= 0.6 is 0 Å². The van der Waals surface area contributed by atoms with Crippen LogP contribution < -0.4 is 0 Å². The normalized spacial score (nSPS) is 54.0. The molecule has 24 heavy (non-hydrogen) atoms. The van der Waals surface area contributed by atoms with Crippen molar-refractivity contribution in [2.45, 2.75) is 90.1 Å². The fourth-order valence-electron chi connectivity index (χ4n) is 8.02. The topological polar surface area (TPSA) is 20.2 Å². The quantitative estimate of drug-likeness (QED) is 0.695. The van der Waals surface area contributed by atoms with Gasteiger partial charge in [-0.05, 0) is 98.7 Å². The van der Waals surface area contributed by atoms with Crippen molar-refractivity contribution in [1.29, 1.82) is 0 Å². The highest BCUT2D eigenvalue weighted by molar-refractivity contribution is 5.06. The molecule has 4 saturated carbocycles. The van der Waals surface area contributed by atoms with Crippen LogP contribution in [-0.2, 0) is 0 Å². The number of hydrogen-bond acceptors (Lipinski definition) is 1. The van der Waals surface area contributed by atoms with Crippen molar-refractivity contribution in [3.63, 3.8) is 0 Å². The van der Waals surface area contributed by atoms with E-state index in [-0.39, 0.29) is 0 Å². The van der Waals surface area contributed by atoms with Crippen molar-refractivity contribution in [3.05, 3.63) is 0 Å². The van der Waals surface area contributed by atoms with E-state index in [1.165, 1.54) is 51.4 Å². The van der Waals surface area contributed by atoms with Gasteiger partial charge in [0.05, 0.1) is 5.60 Å². The van der Waals surface area contributed by atoms with E-state index in [1.54, 1.807) is 0 Å². The standard InChI is InChI=1S/C22H37FO/c1-3-4-16-6-8-20-19-7-5-15-13-22(24,14-23)12-10-17(15)18(19)9-11-21(16,20)2/h15-20,24H,3-14H2,1-2H3/t15-,16+,17+,18-,19-,20+,21-,22-/m1/s1. The first-order chi connectivity index (χ1) is 11.5. The molecule has 0 saturated heterocycles. The lowest BCUT2D eigenvalue weighted by molar-refractivity contribution is -0.111. The summed E-state index contributed by atoms with van der Waals surface area (Å²) in [6.45, 7) is 4.43. The molecule has 0 amide bonds. The summed E-state index contributed by atoms with van der Waals surface area (Å²) < 4.78 is 13.2. The van der Waals surface area contributed by atoms with E-state index in [0.29, 0.717) is 17.8 Å². The van der Waals surface area contributed by atoms with Crippen molar-refractivity contribution in [2.75, 3.05) is 6.67 Å². The SMILES string of the molecule is CCC[C@H]1CC[C@H]2[C@@H]3CC[C@@H]4C[C@@](O)(CF)CC[C@@H]4[C@H]3CC[C@]12C. The van der Waals surface area contributed by atoms with Gasteiger partial charge in [0.25, 0.3) is 0 Å². The largest absolute Gasteiger partial charge is 0.387 e. The molecule has 1 nitrogen and oxygen atoms in total. The molecule has 4 aliphatic carbocycles. The van der Waals surface area contributed by atoms with Gasteiger partial charge in [0.2, 0.25) is 0 Å². The van der Waals surface area contributed by atoms with Crippen LogP contribution in [-0.4, -0.2) is 17.4 Å². The fraction of sp³-hybridized carbons (Fsp3) is 1.00. The molecule has 0 aliphatic heterocycles. The first kappa shape index (κ1) is 17.3. The van der Waals surface area contributed by atoms with E-state index >= 15 is 0 Å². The summed E-state index contributed by atoms with van der Waals surface area (Å²) in [4.78, 5) is 0. The lowest BCUT2D eigenvalue weighted by Crippen LogP contribution is -2.51. The van der Waals surface area contributed by atoms with E-state index < -0.39 is 12.3 Å². The van der Waals surface area contributed by atoms with Crippen LogP contribution in [0.15, 0.2) is 0 Å². The van der Waals surface area contributed by atoms with Crippen LogP contribution in [0.2, 0.25) is 0 Å². The van der Waals surface area contributed by atoms with Gasteiger partial charge >= 0.3 is 0 Å². The zero-order chi connectivity index (χ0) is 16.9. The molecule has 0 aromatic rings. The minimum atomic E-state index is -0.989. The van der Waals surface area contributed by atoms with Crippen LogP contribution in [0.1, 0.15) is 84.5 Å². The van der Waals surface area contributed by atoms with Crippen LogP contribution in [0.25, 0.3) is 0 Å². The Bertz CT molecular complexity index is 465. The molecule has 0 bridgehead atoms. The summed E-state index contributed by atoms with van der Waals surface area (Å²) in [5.74, 6) is 5.11. The van der Waals surface area contributed by atoms with Crippen LogP contribution in [0.3, 0.4) is 0 Å². The van der Waals surface area contributed by atoms with Gasteiger partial charge in [-0.3, -0.25) is 0 Å². The first-order valence-corrected chi connectivity index (χ1v) is 10.8. The Hall–Kier alpha value is -0.110. The average Bonchev–Trinajstić information content (AvgIpc) is 2.91. The molecule has 0 unspecified atom stereocenters. The summed E-state index contributed by atoms with van der Waals surface area (Å²) in [5.41, 5.74) is -0.380. The summed E-state index contributed by atoms with van der Waals surface area (Å²) in [6.07, 6.45) is 13.7. The Morgan fingerprint density at radius 3 is 2.50 bits per heavy atom. The molecule has 2 heteroatoms. The molecular weight excluding hydrogens is 299 g/mol. The van der Waals surface area contributed by atoms with Crippen molar-refractivity contribution in [3.8, 4) is 0 Å². The number of alkyl halides is 1. The third kappa shape index (κ3) is 2.58. The minimum absolute atomic E-state index is 0.538. The maximum Gasteiger partial charge on any atom is 0.118 e. The van der Waals surface area contributed by atoms with Gasteiger partial charge in [0.1, 0.15) is 6.67 Å². The highest BCUT2D eigenvalue weighted by Gasteiger charge is 2.57. The summed E-state index contributed by atoms with van der Waals surface area (Å²) in [7, 11) is 0. The zero-order valence-electron chi connectivity index (χ0n) is 15.8. The summed E-state index contributed by atoms with van der Waals surface area (Å²) in [6, 6.07) is 0. The van der Waals surface area contributed by atoms with E-state index in [0.717, 1.165) is 42.4 Å². The number of rotatable bonds is 3. The molecule has 138 valence electrons. The summed E-state index contributed by atoms with van der Waals surface area (Å²) in [5, 5.41) is 10.4. The molecule has 0 aromatic heterocycles. The second-order valence-corrected chi connectivity index (χ2v) is 10.1. The molecule has 4 aliphatic rings. The average molecular weight is 337 g/mol. The Morgan fingerprint density at radius 2 is 1.75 bits per heavy atom. The molecule has 0 heterocycles. The van der Waals surface area contributed by atoms with Crippen LogP contribution in [0.4, 0.5) is 4.39 Å². The molecule has 0 radical (unpaired) electrons. The van der Waals surface area contributed by atoms with E-state index in [4.69, 9.17) is 0 Å². The third-order valence-corrected chi connectivity index (χ3v) is 9.19. The highest BCUT2D eigenvalue weighted by Crippen LogP contribution is 2.65. The Balaban J connectivity index is 1.50. The van der Waals surface area contributed by atoms with Gasteiger partial charge in [0.15, 0.2) is 0 Å². The molecular formula is C22H37FO. The van der Waals surface area contributed by atoms with Gasteiger partial charge in [-0.25, -0.2) is 4.39 Å². The summed E-state index contributed by atoms with van der Waals surface area (Å²) >= 11 is 0. The fourth-order valence-corrected chi connectivity index (χ4v) is 8.02. The molecule has 0 aromatic carbocycles. The van der Waals surface area contributed by atoms with Crippen molar-refractivity contribution in [1.82, 2.24) is 0 Å². The molecule has 4 rings (SSSR count). The molecule has 8 atom stereocenters. The minimum Gasteiger partial charge on any atom is -0.387 e. The highest BCUT2D eigenvalue weighted by atomic mass is 19.1. The molecule has 1 N–H and O–H groups in total. The smallest absolute Gasteiger partial charge is 0.118 e. The van der Waals surface area contributed by atoms with E-state index in [2.05, 4.69) is 13.8 Å². The lowest BCUT2D eigenvalue weighted by atomic mass is 9.49. The van der Waals surface area contributed by atoms with Crippen LogP contribution in [0, 0.1) is 40.9 Å². The van der Waals surface area contributed by atoms with E-state index in [1.807, 2.05) is 0 Å². The Kier molecular flexibility index (Phi) is 4.51. The lowest BCUT2D eigenvalue weighted by Gasteiger charge is -2.57. The molecule has 4 fully saturated rings. The van der Waals surface area contributed by atoms with Crippen molar-refractivity contribution in [2.24, 2.45) is 40.9 Å². The number of halogens is 1. The third-order valence-electron chi connectivity index (χ3n) is 9.19. The first-order valence-electron chi connectivity index (χ1n) is 10.8. The number of hydrogen-bond donors (Lipinski definition) is 1. The second-order valence-electron chi connectivity index (χ2n) is 10.1. The van der Waals surface area contributed by atoms with Gasteiger partial charge in [-0.15, -0.1) is 0 Å². The Morgan fingerprint density at radius 1 is 0.958 bits per heavy atom. The van der Waals surface area contributed by atoms with Gasteiger partial charge < -0.3 is 5.11 Å². The predicted octanol–water partition coefficient (Wildman–Crippen LogP) is 5.76. The zero-order valence-corrected chi connectivity index (χ0v) is 15.8. The van der Waals surface area contributed by atoms with Crippen molar-refractivity contribution >= 4 is 0 Å². The maximum atomic E-state index is 13.2. The van der Waals surface area contributed by atoms with Gasteiger partial charge in [0, 0.05) is 0 Å². The van der Waals surface area contributed by atoms with Gasteiger partial charge in [-0.1, -0.05) is 26.7 Å². The van der Waals surface area contributed by atoms with Crippen LogP contribution in [0.5, 0.6) is 0 Å². The number of fused-ring (bicyclic) bond motifs is 5. The predicted molar refractivity (Wildman–Crippen MR) is 96.4 cm³/mol. The second kappa shape index (κ2) is 6.25. The monoisotopic (exact) mass is 336 g/mol. The number of aliphatic hydroxyl groups is 1.